The maximum Gasteiger partial charge on any atom is 0.394 e. The van der Waals surface area contributed by atoms with Gasteiger partial charge in [0.1, 0.15) is 0 Å². The van der Waals surface area contributed by atoms with Crippen molar-refractivity contribution in [2.75, 3.05) is 0 Å². The fourth-order valence-corrected chi connectivity index (χ4v) is 0.888. The molecule has 14 heavy (non-hydrogen) atoms. The van der Waals surface area contributed by atoms with Crippen LogP contribution in [-0.2, 0) is 0 Å². The summed E-state index contributed by atoms with van der Waals surface area (Å²) in [6.07, 6.45) is 0. The molecule has 0 unspecified atom stereocenters. The normalized spacial score (nSPS) is 9.07. The van der Waals surface area contributed by atoms with Crippen LogP contribution >= 0.6 is 0 Å². The fourth-order valence-electron chi connectivity index (χ4n) is 0.888. The molecule has 0 aliphatic heterocycles. The number of carbonyl (C=O) groups is 1. The number of carboxylic acids is 1. The van der Waals surface area contributed by atoms with Gasteiger partial charge in [0, 0.05) is 18.2 Å². The van der Waals surface area contributed by atoms with E-state index >= 15 is 0 Å². The molecule has 0 heterocycles. The summed E-state index contributed by atoms with van der Waals surface area (Å²) >= 11 is 0. The molecule has 1 aromatic carbocycles. The van der Waals surface area contributed by atoms with Gasteiger partial charge in [-0.25, -0.2) is 0 Å². The second-order valence-corrected chi connectivity index (χ2v) is 2.35. The van der Waals surface area contributed by atoms with E-state index in [4.69, 9.17) is 5.39 Å². The van der Waals surface area contributed by atoms with Crippen LogP contribution in [0.3, 0.4) is 0 Å². The first-order valence-electron chi connectivity index (χ1n) is 3.41. The number of aromatic carboxylic acids is 1. The molecule has 7 nitrogen and oxygen atoms in total. The minimum absolute atomic E-state index is 0.282. The fraction of sp³-hybridized carbons (Fsp3) is 0. The summed E-state index contributed by atoms with van der Waals surface area (Å²) in [7, 11) is 0. The number of benzene rings is 1. The lowest BCUT2D eigenvalue weighted by Crippen LogP contribution is -2.22. The molecule has 1 rings (SSSR count). The highest BCUT2D eigenvalue weighted by atomic mass is 16.6. The van der Waals surface area contributed by atoms with Gasteiger partial charge in [-0.1, -0.05) is 0 Å². The van der Waals surface area contributed by atoms with E-state index in [9.17, 15) is 20.0 Å². The number of diazo groups is 1. The van der Waals surface area contributed by atoms with Gasteiger partial charge >= 0.3 is 5.69 Å². The van der Waals surface area contributed by atoms with Crippen LogP contribution in [0.15, 0.2) is 18.2 Å². The van der Waals surface area contributed by atoms with Gasteiger partial charge in [0.05, 0.1) is 16.5 Å². The summed E-state index contributed by atoms with van der Waals surface area (Å²) < 4.78 is 0. The zero-order chi connectivity index (χ0) is 10.7. The van der Waals surface area contributed by atoms with Gasteiger partial charge in [0.2, 0.25) is 5.39 Å². The van der Waals surface area contributed by atoms with Crippen LogP contribution in [0, 0.1) is 15.5 Å². The number of nitro groups is 1. The zero-order valence-electron chi connectivity index (χ0n) is 6.71. The second-order valence-electron chi connectivity index (χ2n) is 2.35. The Morgan fingerprint density at radius 3 is 2.57 bits per heavy atom. The predicted molar refractivity (Wildman–Crippen MR) is 42.2 cm³/mol. The van der Waals surface area contributed by atoms with Gasteiger partial charge in [0.15, 0.2) is 4.98 Å². The summed E-state index contributed by atoms with van der Waals surface area (Å²) in [6.45, 7) is 0. The van der Waals surface area contributed by atoms with Crippen molar-refractivity contribution in [3.05, 3.63) is 38.9 Å². The van der Waals surface area contributed by atoms with Gasteiger partial charge in [-0.2, -0.15) is 0 Å². The number of non-ortho nitro benzene ring substituents is 1. The number of rotatable bonds is 2. The monoisotopic (exact) mass is 193 g/mol. The van der Waals surface area contributed by atoms with E-state index in [0.29, 0.717) is 0 Å². The molecule has 0 aromatic heterocycles. The van der Waals surface area contributed by atoms with Crippen LogP contribution in [0.5, 0.6) is 0 Å². The average molecular weight is 193 g/mol. The van der Waals surface area contributed by atoms with E-state index < -0.39 is 22.1 Å². The molecule has 0 N–H and O–H groups in total. The van der Waals surface area contributed by atoms with Crippen molar-refractivity contribution in [1.82, 2.24) is 0 Å². The van der Waals surface area contributed by atoms with Crippen molar-refractivity contribution >= 4 is 17.3 Å². The molecule has 70 valence electrons. The Morgan fingerprint density at radius 1 is 1.50 bits per heavy atom. The number of carboxylic acid groups (broad SMARTS) is 1. The maximum absolute atomic E-state index is 10.5. The number of hydrogen-bond acceptors (Lipinski definition) is 5. The highest BCUT2D eigenvalue weighted by molar-refractivity contribution is 5.93. The number of nitro benzene ring substituents is 1. The topological polar surface area (TPSA) is 111 Å². The van der Waals surface area contributed by atoms with Crippen molar-refractivity contribution in [2.45, 2.75) is 0 Å². The summed E-state index contributed by atoms with van der Waals surface area (Å²) in [4.78, 5) is 22.6. The summed E-state index contributed by atoms with van der Waals surface area (Å²) in [6, 6.07) is 2.81. The summed E-state index contributed by atoms with van der Waals surface area (Å²) in [5.74, 6) is -1.64. The Morgan fingerprint density at radius 2 is 2.14 bits per heavy atom. The molecule has 0 spiro atoms. The SMILES string of the molecule is N#[N+]c1ccc([N+](=O)[O-])cc1C(=O)[O-]. The quantitative estimate of drug-likeness (QED) is 0.384. The van der Waals surface area contributed by atoms with Crippen molar-refractivity contribution in [1.29, 1.82) is 5.39 Å². The van der Waals surface area contributed by atoms with Gasteiger partial charge in [-0.05, 0) is 0 Å². The Hall–Kier alpha value is -2.49. The minimum atomic E-state index is -1.64. The van der Waals surface area contributed by atoms with E-state index in [1.165, 1.54) is 0 Å². The Labute approximate surface area is 77.4 Å². The molecular formula is C7H3N3O4. The zero-order valence-corrected chi connectivity index (χ0v) is 6.71. The largest absolute Gasteiger partial charge is 0.544 e. The Balaban J connectivity index is 3.37. The number of carbonyl (C=O) groups excluding carboxylic acids is 1. The molecule has 0 aliphatic carbocycles. The van der Waals surface area contributed by atoms with Gasteiger partial charge < -0.3 is 9.90 Å². The first-order valence-corrected chi connectivity index (χ1v) is 3.41. The van der Waals surface area contributed by atoms with E-state index in [0.717, 1.165) is 18.2 Å². The third kappa shape index (κ3) is 1.64. The minimum Gasteiger partial charge on any atom is -0.544 e. The molecule has 0 amide bonds. The Bertz CT molecular complexity index is 449. The lowest BCUT2D eigenvalue weighted by Gasteiger charge is -1.97. The standard InChI is InChI=1S/C7H3N3O4/c8-9-6-2-1-4(10(13)14)3-5(6)7(11)12/h1-3H. The lowest BCUT2D eigenvalue weighted by atomic mass is 10.1. The molecule has 0 fully saturated rings. The van der Waals surface area contributed by atoms with Crippen LogP contribution in [0.25, 0.3) is 4.98 Å². The van der Waals surface area contributed by atoms with Gasteiger partial charge in [-0.15, -0.1) is 0 Å². The summed E-state index contributed by atoms with van der Waals surface area (Å²) in [5.41, 5.74) is -1.21. The van der Waals surface area contributed by atoms with Crippen LogP contribution in [0.1, 0.15) is 10.4 Å². The average Bonchev–Trinajstić information content (AvgIpc) is 2.16. The molecule has 0 radical (unpaired) electrons. The van der Waals surface area contributed by atoms with Crippen molar-refractivity contribution in [2.24, 2.45) is 0 Å². The van der Waals surface area contributed by atoms with Crippen molar-refractivity contribution < 1.29 is 14.8 Å². The third-order valence-electron chi connectivity index (χ3n) is 1.52. The van der Waals surface area contributed by atoms with Crippen molar-refractivity contribution in [3.63, 3.8) is 0 Å². The van der Waals surface area contributed by atoms with Gasteiger partial charge in [-0.3, -0.25) is 10.1 Å². The second kappa shape index (κ2) is 3.49. The maximum atomic E-state index is 10.5. The van der Waals surface area contributed by atoms with Gasteiger partial charge in [0.25, 0.3) is 5.69 Å². The van der Waals surface area contributed by atoms with Crippen LogP contribution in [0.2, 0.25) is 0 Å². The van der Waals surface area contributed by atoms with Crippen LogP contribution in [-0.4, -0.2) is 10.9 Å². The van der Waals surface area contributed by atoms with Crippen LogP contribution < -0.4 is 5.11 Å². The molecule has 7 heteroatoms. The number of hydrogen-bond donors (Lipinski definition) is 0. The molecule has 0 saturated carbocycles. The molecule has 0 saturated heterocycles. The summed E-state index contributed by atoms with van der Waals surface area (Å²) in [5, 5.41) is 29.1. The molecule has 0 atom stereocenters. The highest BCUT2D eigenvalue weighted by Gasteiger charge is 2.18. The van der Waals surface area contributed by atoms with E-state index in [1.807, 2.05) is 0 Å². The van der Waals surface area contributed by atoms with Crippen molar-refractivity contribution in [3.8, 4) is 0 Å². The molecule has 0 aliphatic rings. The smallest absolute Gasteiger partial charge is 0.394 e. The third-order valence-corrected chi connectivity index (χ3v) is 1.52. The first kappa shape index (κ1) is 9.60. The lowest BCUT2D eigenvalue weighted by molar-refractivity contribution is -0.385. The molecule has 1 aromatic rings. The van der Waals surface area contributed by atoms with E-state index in [1.54, 1.807) is 0 Å². The van der Waals surface area contributed by atoms with E-state index in [2.05, 4.69) is 4.98 Å². The molecular weight excluding hydrogens is 190 g/mol. The van der Waals surface area contributed by atoms with E-state index in [-0.39, 0.29) is 5.69 Å². The van der Waals surface area contributed by atoms with Crippen LogP contribution in [0.4, 0.5) is 11.4 Å². The predicted octanol–water partition coefficient (Wildman–Crippen LogP) is 0.443. The molecule has 0 bridgehead atoms. The Kier molecular flexibility index (Phi) is 2.39. The first-order chi connectivity index (χ1) is 6.56. The number of nitrogens with zero attached hydrogens (tertiary/aromatic N) is 3. The highest BCUT2D eigenvalue weighted by Crippen LogP contribution is 2.23.